The SMILES string of the molecule is Cc1cccc(S(=O)CCc2ccc(N)cc2)c1. The number of nitrogens with two attached hydrogens (primary N) is 1. The lowest BCUT2D eigenvalue weighted by Crippen LogP contribution is -2.02. The zero-order valence-electron chi connectivity index (χ0n) is 10.4. The molecular formula is C15H17NOS. The first-order valence-electron chi connectivity index (χ1n) is 5.94. The molecule has 0 radical (unpaired) electrons. The standard InChI is InChI=1S/C15H17NOS/c1-12-3-2-4-15(11-12)18(17)10-9-13-5-7-14(16)8-6-13/h2-8,11H,9-10,16H2,1H3. The smallest absolute Gasteiger partial charge is 0.0532 e. The van der Waals surface area contributed by atoms with Crippen LogP contribution in [0.1, 0.15) is 11.1 Å². The van der Waals surface area contributed by atoms with Crippen LogP contribution in [0, 0.1) is 6.92 Å². The molecule has 0 amide bonds. The second-order valence-corrected chi connectivity index (χ2v) is 5.93. The molecular weight excluding hydrogens is 242 g/mol. The van der Waals surface area contributed by atoms with Gasteiger partial charge in [-0.2, -0.15) is 0 Å². The zero-order chi connectivity index (χ0) is 13.0. The van der Waals surface area contributed by atoms with Gasteiger partial charge < -0.3 is 5.73 Å². The zero-order valence-corrected chi connectivity index (χ0v) is 11.2. The van der Waals surface area contributed by atoms with Crippen molar-refractivity contribution >= 4 is 16.5 Å². The minimum absolute atomic E-state index is 0.646. The Kier molecular flexibility index (Phi) is 4.15. The van der Waals surface area contributed by atoms with Gasteiger partial charge in [0.15, 0.2) is 0 Å². The van der Waals surface area contributed by atoms with Crippen LogP contribution in [0.15, 0.2) is 53.4 Å². The van der Waals surface area contributed by atoms with E-state index in [0.29, 0.717) is 5.75 Å². The third-order valence-corrected chi connectivity index (χ3v) is 4.16. The van der Waals surface area contributed by atoms with Gasteiger partial charge in [-0.3, -0.25) is 4.21 Å². The first kappa shape index (κ1) is 12.8. The van der Waals surface area contributed by atoms with Crippen molar-refractivity contribution in [3.8, 4) is 0 Å². The van der Waals surface area contributed by atoms with Gasteiger partial charge in [0, 0.05) is 16.3 Å². The second kappa shape index (κ2) is 5.83. The van der Waals surface area contributed by atoms with E-state index in [1.807, 2.05) is 55.5 Å². The Morgan fingerprint density at radius 2 is 1.83 bits per heavy atom. The van der Waals surface area contributed by atoms with E-state index in [2.05, 4.69) is 0 Å². The molecule has 94 valence electrons. The van der Waals surface area contributed by atoms with Crippen LogP contribution in [0.25, 0.3) is 0 Å². The molecule has 0 saturated heterocycles. The van der Waals surface area contributed by atoms with Crippen LogP contribution in [0.3, 0.4) is 0 Å². The Labute approximate surface area is 110 Å². The van der Waals surface area contributed by atoms with Crippen LogP contribution >= 0.6 is 0 Å². The monoisotopic (exact) mass is 259 g/mol. The lowest BCUT2D eigenvalue weighted by atomic mass is 10.2. The van der Waals surface area contributed by atoms with Gasteiger partial charge in [-0.15, -0.1) is 0 Å². The van der Waals surface area contributed by atoms with Gasteiger partial charge in [-0.1, -0.05) is 24.3 Å². The molecule has 3 heteroatoms. The molecule has 0 aliphatic carbocycles. The number of anilines is 1. The van der Waals surface area contributed by atoms with Crippen LogP contribution in [0.4, 0.5) is 5.69 Å². The summed E-state index contributed by atoms with van der Waals surface area (Å²) >= 11 is 0. The van der Waals surface area contributed by atoms with Crippen LogP contribution in [-0.2, 0) is 17.2 Å². The third-order valence-electron chi connectivity index (χ3n) is 2.81. The van der Waals surface area contributed by atoms with Gasteiger partial charge in [-0.25, -0.2) is 0 Å². The van der Waals surface area contributed by atoms with Gasteiger partial charge in [0.05, 0.1) is 10.8 Å². The predicted molar refractivity (Wildman–Crippen MR) is 77.0 cm³/mol. The second-order valence-electron chi connectivity index (χ2n) is 4.36. The molecule has 0 saturated carbocycles. The topological polar surface area (TPSA) is 43.1 Å². The van der Waals surface area contributed by atoms with Crippen molar-refractivity contribution < 1.29 is 4.21 Å². The number of hydrogen-bond donors (Lipinski definition) is 1. The minimum Gasteiger partial charge on any atom is -0.399 e. The Balaban J connectivity index is 1.98. The highest BCUT2D eigenvalue weighted by molar-refractivity contribution is 7.85. The largest absolute Gasteiger partial charge is 0.399 e. The van der Waals surface area contributed by atoms with Crippen molar-refractivity contribution in [1.82, 2.24) is 0 Å². The average Bonchev–Trinajstić information content (AvgIpc) is 2.38. The molecule has 2 N–H and O–H groups in total. The number of hydrogen-bond acceptors (Lipinski definition) is 2. The lowest BCUT2D eigenvalue weighted by molar-refractivity contribution is 0.682. The Morgan fingerprint density at radius 1 is 1.11 bits per heavy atom. The molecule has 0 aliphatic rings. The summed E-state index contributed by atoms with van der Waals surface area (Å²) in [6.45, 7) is 2.01. The van der Waals surface area contributed by atoms with Crippen molar-refractivity contribution in [3.05, 3.63) is 59.7 Å². The van der Waals surface area contributed by atoms with Gasteiger partial charge in [0.1, 0.15) is 0 Å². The normalized spacial score (nSPS) is 12.3. The first-order chi connectivity index (χ1) is 8.65. The molecule has 2 rings (SSSR count). The molecule has 0 spiro atoms. The maximum Gasteiger partial charge on any atom is 0.0532 e. The predicted octanol–water partition coefficient (Wildman–Crippen LogP) is 2.93. The van der Waals surface area contributed by atoms with Crippen molar-refractivity contribution in [2.75, 3.05) is 11.5 Å². The Hall–Kier alpha value is -1.61. The molecule has 0 aromatic heterocycles. The van der Waals surface area contributed by atoms with E-state index < -0.39 is 10.8 Å². The maximum atomic E-state index is 12.1. The highest BCUT2D eigenvalue weighted by atomic mass is 32.2. The number of nitrogen functional groups attached to an aromatic ring is 1. The molecule has 0 bridgehead atoms. The summed E-state index contributed by atoms with van der Waals surface area (Å²) in [6.07, 6.45) is 0.806. The quantitative estimate of drug-likeness (QED) is 0.858. The summed E-state index contributed by atoms with van der Waals surface area (Å²) < 4.78 is 12.1. The van der Waals surface area contributed by atoms with Crippen LogP contribution in [0.2, 0.25) is 0 Å². The van der Waals surface area contributed by atoms with Gasteiger partial charge in [-0.05, 0) is 48.7 Å². The van der Waals surface area contributed by atoms with Crippen molar-refractivity contribution in [2.45, 2.75) is 18.2 Å². The van der Waals surface area contributed by atoms with E-state index >= 15 is 0 Å². The van der Waals surface area contributed by atoms with Crippen molar-refractivity contribution in [2.24, 2.45) is 0 Å². The summed E-state index contributed by atoms with van der Waals surface area (Å²) in [5, 5.41) is 0. The van der Waals surface area contributed by atoms with Crippen LogP contribution in [-0.4, -0.2) is 9.96 Å². The molecule has 0 heterocycles. The highest BCUT2D eigenvalue weighted by Crippen LogP contribution is 2.12. The van der Waals surface area contributed by atoms with Gasteiger partial charge in [0.25, 0.3) is 0 Å². The molecule has 1 unspecified atom stereocenters. The van der Waals surface area contributed by atoms with E-state index in [1.54, 1.807) is 0 Å². The van der Waals surface area contributed by atoms with Crippen LogP contribution in [0.5, 0.6) is 0 Å². The third kappa shape index (κ3) is 3.44. The fourth-order valence-electron chi connectivity index (χ4n) is 1.77. The summed E-state index contributed by atoms with van der Waals surface area (Å²) in [5.74, 6) is 0.646. The fraction of sp³-hybridized carbons (Fsp3) is 0.200. The van der Waals surface area contributed by atoms with Gasteiger partial charge >= 0.3 is 0 Å². The average molecular weight is 259 g/mol. The van der Waals surface area contributed by atoms with Crippen LogP contribution < -0.4 is 5.73 Å². The summed E-state index contributed by atoms with van der Waals surface area (Å²) in [7, 11) is -0.931. The lowest BCUT2D eigenvalue weighted by Gasteiger charge is -2.04. The van der Waals surface area contributed by atoms with E-state index in [9.17, 15) is 4.21 Å². The molecule has 2 aromatic rings. The fourth-order valence-corrected chi connectivity index (χ4v) is 2.97. The number of rotatable bonds is 4. The minimum atomic E-state index is -0.931. The number of aryl methyl sites for hydroxylation is 2. The first-order valence-corrected chi connectivity index (χ1v) is 7.26. The highest BCUT2D eigenvalue weighted by Gasteiger charge is 2.04. The molecule has 0 aliphatic heterocycles. The molecule has 18 heavy (non-hydrogen) atoms. The number of benzene rings is 2. The van der Waals surface area contributed by atoms with Gasteiger partial charge in [0.2, 0.25) is 0 Å². The molecule has 2 aromatic carbocycles. The van der Waals surface area contributed by atoms with Crippen molar-refractivity contribution in [3.63, 3.8) is 0 Å². The van der Waals surface area contributed by atoms with E-state index in [0.717, 1.165) is 22.6 Å². The van der Waals surface area contributed by atoms with E-state index in [4.69, 9.17) is 5.73 Å². The molecule has 0 fully saturated rings. The summed E-state index contributed by atoms with van der Waals surface area (Å²) in [4.78, 5) is 0.908. The Morgan fingerprint density at radius 3 is 2.50 bits per heavy atom. The molecule has 2 nitrogen and oxygen atoms in total. The maximum absolute atomic E-state index is 12.1. The van der Waals surface area contributed by atoms with E-state index in [1.165, 1.54) is 5.56 Å². The summed E-state index contributed by atoms with van der Waals surface area (Å²) in [6, 6.07) is 15.6. The van der Waals surface area contributed by atoms with E-state index in [-0.39, 0.29) is 0 Å². The van der Waals surface area contributed by atoms with Crippen molar-refractivity contribution in [1.29, 1.82) is 0 Å². The Bertz CT molecular complexity index is 549. The summed E-state index contributed by atoms with van der Waals surface area (Å²) in [5.41, 5.74) is 8.71. The molecule has 1 atom stereocenters.